The summed E-state index contributed by atoms with van der Waals surface area (Å²) >= 11 is 2.32. The lowest BCUT2D eigenvalue weighted by molar-refractivity contribution is 0.380. The molecule has 1 aliphatic carbocycles. The SMILES string of the molecule is Ic1cncnc1N1CCC(CNC2CC2)CC1. The molecule has 4 nitrogen and oxygen atoms in total. The summed E-state index contributed by atoms with van der Waals surface area (Å²) in [5, 5.41) is 3.65. The fourth-order valence-electron chi connectivity index (χ4n) is 2.51. The number of anilines is 1. The van der Waals surface area contributed by atoms with E-state index in [-0.39, 0.29) is 0 Å². The van der Waals surface area contributed by atoms with Crippen molar-refractivity contribution in [2.75, 3.05) is 24.5 Å². The molecule has 1 aromatic heterocycles. The number of hydrogen-bond donors (Lipinski definition) is 1. The topological polar surface area (TPSA) is 41.1 Å². The van der Waals surface area contributed by atoms with Crippen LogP contribution in [0.2, 0.25) is 0 Å². The van der Waals surface area contributed by atoms with Crippen molar-refractivity contribution in [3.63, 3.8) is 0 Å². The molecule has 0 bridgehead atoms. The van der Waals surface area contributed by atoms with E-state index in [4.69, 9.17) is 0 Å². The molecule has 3 rings (SSSR count). The Kier molecular flexibility index (Phi) is 3.98. The molecular formula is C13H19IN4. The minimum atomic E-state index is 0.839. The Bertz CT molecular complexity index is 400. The lowest BCUT2D eigenvalue weighted by Crippen LogP contribution is -2.38. The molecule has 2 fully saturated rings. The summed E-state index contributed by atoms with van der Waals surface area (Å²) in [6.07, 6.45) is 8.87. The van der Waals surface area contributed by atoms with Crippen molar-refractivity contribution < 1.29 is 0 Å². The second-order valence-corrected chi connectivity index (χ2v) is 6.47. The zero-order chi connectivity index (χ0) is 12.4. The zero-order valence-corrected chi connectivity index (χ0v) is 12.6. The number of piperidine rings is 1. The third kappa shape index (κ3) is 3.12. The van der Waals surface area contributed by atoms with E-state index in [0.717, 1.165) is 34.4 Å². The van der Waals surface area contributed by atoms with E-state index in [1.54, 1.807) is 6.33 Å². The van der Waals surface area contributed by atoms with Gasteiger partial charge in [-0.1, -0.05) is 0 Å². The average Bonchev–Trinajstić information content (AvgIpc) is 3.22. The highest BCUT2D eigenvalue weighted by Crippen LogP contribution is 2.25. The number of rotatable bonds is 4. The molecule has 2 aliphatic rings. The summed E-state index contributed by atoms with van der Waals surface area (Å²) in [5.74, 6) is 1.96. The second-order valence-electron chi connectivity index (χ2n) is 5.31. The molecule has 2 heterocycles. The number of nitrogens with one attached hydrogen (secondary N) is 1. The maximum atomic E-state index is 4.40. The van der Waals surface area contributed by atoms with E-state index in [1.165, 1.54) is 32.2 Å². The van der Waals surface area contributed by atoms with E-state index in [1.807, 2.05) is 6.20 Å². The van der Waals surface area contributed by atoms with Gasteiger partial charge in [0.15, 0.2) is 0 Å². The van der Waals surface area contributed by atoms with Crippen LogP contribution in [0.4, 0.5) is 5.82 Å². The number of halogens is 1. The first-order chi connectivity index (χ1) is 8.83. The monoisotopic (exact) mass is 358 g/mol. The Balaban J connectivity index is 1.51. The summed E-state index contributed by atoms with van der Waals surface area (Å²) in [4.78, 5) is 10.9. The fourth-order valence-corrected chi connectivity index (χ4v) is 3.15. The molecule has 0 unspecified atom stereocenters. The lowest BCUT2D eigenvalue weighted by Gasteiger charge is -2.33. The van der Waals surface area contributed by atoms with Crippen molar-refractivity contribution in [3.05, 3.63) is 16.1 Å². The molecule has 1 aromatic rings. The first kappa shape index (κ1) is 12.6. The molecule has 0 atom stereocenters. The van der Waals surface area contributed by atoms with Gasteiger partial charge in [-0.15, -0.1) is 0 Å². The molecular weight excluding hydrogens is 339 g/mol. The zero-order valence-electron chi connectivity index (χ0n) is 10.5. The highest BCUT2D eigenvalue weighted by Gasteiger charge is 2.25. The lowest BCUT2D eigenvalue weighted by atomic mass is 9.97. The molecule has 0 radical (unpaired) electrons. The maximum Gasteiger partial charge on any atom is 0.145 e. The van der Waals surface area contributed by atoms with Gasteiger partial charge in [0.25, 0.3) is 0 Å². The van der Waals surface area contributed by atoms with Crippen molar-refractivity contribution >= 4 is 28.4 Å². The second kappa shape index (κ2) is 5.69. The highest BCUT2D eigenvalue weighted by molar-refractivity contribution is 14.1. The molecule has 1 saturated heterocycles. The van der Waals surface area contributed by atoms with E-state index in [9.17, 15) is 0 Å². The standard InChI is InChI=1S/C13H19IN4/c14-12-8-15-9-17-13(12)18-5-3-10(4-6-18)7-16-11-1-2-11/h8-11,16H,1-7H2. The fraction of sp³-hybridized carbons (Fsp3) is 0.692. The van der Waals surface area contributed by atoms with Gasteiger partial charge in [0.05, 0.1) is 3.57 Å². The molecule has 98 valence electrons. The Morgan fingerprint density at radius 3 is 2.72 bits per heavy atom. The molecule has 0 spiro atoms. The molecule has 1 aliphatic heterocycles. The van der Waals surface area contributed by atoms with Crippen LogP contribution in [0.15, 0.2) is 12.5 Å². The van der Waals surface area contributed by atoms with Crippen molar-refractivity contribution in [3.8, 4) is 0 Å². The van der Waals surface area contributed by atoms with Gasteiger partial charge in [-0.3, -0.25) is 0 Å². The van der Waals surface area contributed by atoms with Crippen LogP contribution in [0, 0.1) is 9.49 Å². The van der Waals surface area contributed by atoms with Crippen LogP contribution in [0.3, 0.4) is 0 Å². The van der Waals surface area contributed by atoms with Gasteiger partial charge in [0.1, 0.15) is 12.1 Å². The van der Waals surface area contributed by atoms with Crippen LogP contribution in [0.25, 0.3) is 0 Å². The van der Waals surface area contributed by atoms with Gasteiger partial charge < -0.3 is 10.2 Å². The molecule has 1 N–H and O–H groups in total. The van der Waals surface area contributed by atoms with Gasteiger partial charge in [0, 0.05) is 25.3 Å². The molecule has 0 aromatic carbocycles. The van der Waals surface area contributed by atoms with Gasteiger partial charge in [-0.05, 0) is 60.7 Å². The quantitative estimate of drug-likeness (QED) is 0.837. The van der Waals surface area contributed by atoms with Crippen LogP contribution in [-0.2, 0) is 0 Å². The van der Waals surface area contributed by atoms with E-state index in [2.05, 4.69) is 42.8 Å². The third-order valence-corrected chi connectivity index (χ3v) is 4.60. The largest absolute Gasteiger partial charge is 0.356 e. The van der Waals surface area contributed by atoms with Crippen LogP contribution in [-0.4, -0.2) is 35.6 Å². The Hall–Kier alpha value is -0.430. The maximum absolute atomic E-state index is 4.40. The smallest absolute Gasteiger partial charge is 0.145 e. The summed E-state index contributed by atoms with van der Waals surface area (Å²) < 4.78 is 1.16. The molecule has 18 heavy (non-hydrogen) atoms. The normalized spacial score (nSPS) is 21.3. The highest BCUT2D eigenvalue weighted by atomic mass is 127. The Morgan fingerprint density at radius 1 is 1.28 bits per heavy atom. The summed E-state index contributed by atoms with van der Waals surface area (Å²) in [5.41, 5.74) is 0. The van der Waals surface area contributed by atoms with E-state index >= 15 is 0 Å². The number of nitrogens with zero attached hydrogens (tertiary/aromatic N) is 3. The minimum absolute atomic E-state index is 0.839. The first-order valence-corrected chi connectivity index (χ1v) is 7.84. The van der Waals surface area contributed by atoms with Gasteiger partial charge >= 0.3 is 0 Å². The molecule has 1 saturated carbocycles. The van der Waals surface area contributed by atoms with Crippen molar-refractivity contribution in [1.82, 2.24) is 15.3 Å². The van der Waals surface area contributed by atoms with Gasteiger partial charge in [-0.2, -0.15) is 0 Å². The molecule has 5 heteroatoms. The third-order valence-electron chi connectivity index (χ3n) is 3.83. The average molecular weight is 358 g/mol. The minimum Gasteiger partial charge on any atom is -0.356 e. The predicted octanol–water partition coefficient (Wildman–Crippen LogP) is 2.05. The van der Waals surface area contributed by atoms with E-state index in [0.29, 0.717) is 0 Å². The van der Waals surface area contributed by atoms with Crippen LogP contribution in [0.5, 0.6) is 0 Å². The van der Waals surface area contributed by atoms with Crippen molar-refractivity contribution in [2.24, 2.45) is 5.92 Å². The summed E-state index contributed by atoms with van der Waals surface area (Å²) in [7, 11) is 0. The number of aromatic nitrogens is 2. The van der Waals surface area contributed by atoms with Crippen molar-refractivity contribution in [2.45, 2.75) is 31.7 Å². The number of hydrogen-bond acceptors (Lipinski definition) is 4. The van der Waals surface area contributed by atoms with Crippen molar-refractivity contribution in [1.29, 1.82) is 0 Å². The first-order valence-electron chi connectivity index (χ1n) is 6.77. The summed E-state index contributed by atoms with van der Waals surface area (Å²) in [6, 6.07) is 0.839. The summed E-state index contributed by atoms with van der Waals surface area (Å²) in [6.45, 7) is 3.47. The van der Waals surface area contributed by atoms with E-state index < -0.39 is 0 Å². The predicted molar refractivity (Wildman–Crippen MR) is 80.7 cm³/mol. The van der Waals surface area contributed by atoms with Gasteiger partial charge in [0.2, 0.25) is 0 Å². The Morgan fingerprint density at radius 2 is 2.06 bits per heavy atom. The van der Waals surface area contributed by atoms with Crippen LogP contribution in [0.1, 0.15) is 25.7 Å². The Labute approximate surface area is 122 Å². The molecule has 0 amide bonds. The van der Waals surface area contributed by atoms with Gasteiger partial charge in [-0.25, -0.2) is 9.97 Å². The van der Waals surface area contributed by atoms with Crippen LogP contribution >= 0.6 is 22.6 Å². The van der Waals surface area contributed by atoms with Crippen LogP contribution < -0.4 is 10.2 Å².